The molecule has 1 fully saturated rings. The number of piperidine rings is 1. The average Bonchev–Trinajstić information content (AvgIpc) is 2.52. The molecule has 1 N–H and O–H groups in total. The van der Waals surface area contributed by atoms with Crippen LogP contribution in [0.25, 0.3) is 0 Å². The van der Waals surface area contributed by atoms with Crippen molar-refractivity contribution in [1.82, 2.24) is 10.3 Å². The number of nitrogens with zero attached hydrogens (tertiary/aromatic N) is 2. The number of nitrogens with one attached hydrogen (secondary N) is 1. The summed E-state index contributed by atoms with van der Waals surface area (Å²) in [5.74, 6) is 2.02. The lowest BCUT2D eigenvalue weighted by Gasteiger charge is -2.33. The van der Waals surface area contributed by atoms with E-state index in [2.05, 4.69) is 50.0 Å². The summed E-state index contributed by atoms with van der Waals surface area (Å²) < 4.78 is 0. The Morgan fingerprint density at radius 2 is 2.14 bits per heavy atom. The first-order valence-corrected chi connectivity index (χ1v) is 8.60. The topological polar surface area (TPSA) is 28.2 Å². The minimum atomic E-state index is 0.520. The minimum Gasteiger partial charge on any atom is -0.356 e. The molecule has 0 radical (unpaired) electrons. The van der Waals surface area contributed by atoms with Gasteiger partial charge < -0.3 is 10.2 Å². The molecule has 2 heterocycles. The molecule has 0 spiro atoms. The maximum absolute atomic E-state index is 4.87. The highest BCUT2D eigenvalue weighted by Gasteiger charge is 2.20. The summed E-state index contributed by atoms with van der Waals surface area (Å²) >= 11 is 0. The van der Waals surface area contributed by atoms with E-state index in [0.717, 1.165) is 25.4 Å². The van der Waals surface area contributed by atoms with Crippen molar-refractivity contribution in [3.05, 3.63) is 23.4 Å². The molecule has 1 aliphatic heterocycles. The maximum Gasteiger partial charge on any atom is 0.129 e. The molecule has 0 bridgehead atoms. The zero-order valence-corrected chi connectivity index (χ0v) is 14.2. The second-order valence-corrected chi connectivity index (χ2v) is 6.58. The number of rotatable bonds is 6. The van der Waals surface area contributed by atoms with Gasteiger partial charge in [-0.05, 0) is 42.9 Å². The summed E-state index contributed by atoms with van der Waals surface area (Å²) in [5.41, 5.74) is 2.58. The molecule has 2 rings (SSSR count). The van der Waals surface area contributed by atoms with E-state index in [1.165, 1.54) is 42.9 Å². The van der Waals surface area contributed by atoms with Crippen LogP contribution in [0.4, 0.5) is 5.82 Å². The van der Waals surface area contributed by atoms with Crippen molar-refractivity contribution < 1.29 is 0 Å². The Hall–Kier alpha value is -1.09. The number of aromatic nitrogens is 1. The van der Waals surface area contributed by atoms with Crippen molar-refractivity contribution in [2.45, 2.75) is 66.0 Å². The van der Waals surface area contributed by atoms with Gasteiger partial charge in [0.1, 0.15) is 5.82 Å². The predicted octanol–water partition coefficient (Wildman–Crippen LogP) is 3.77. The summed E-state index contributed by atoms with van der Waals surface area (Å²) in [7, 11) is 0. The van der Waals surface area contributed by atoms with Crippen LogP contribution in [0.3, 0.4) is 0 Å². The van der Waals surface area contributed by atoms with Crippen LogP contribution in [0, 0.1) is 5.92 Å². The SMILES string of the molecule is CCc1cc(CNC(C)C)cc(N2CCCC(CC)C2)n1. The molecule has 1 saturated heterocycles. The van der Waals surface area contributed by atoms with E-state index >= 15 is 0 Å². The van der Waals surface area contributed by atoms with Crippen molar-refractivity contribution >= 4 is 5.82 Å². The Kier molecular flexibility index (Phi) is 6.04. The van der Waals surface area contributed by atoms with Crippen molar-refractivity contribution in [3.8, 4) is 0 Å². The van der Waals surface area contributed by atoms with Gasteiger partial charge in [0.2, 0.25) is 0 Å². The fraction of sp³-hybridized carbons (Fsp3) is 0.722. The normalized spacial score (nSPS) is 19.3. The lowest BCUT2D eigenvalue weighted by atomic mass is 9.95. The summed E-state index contributed by atoms with van der Waals surface area (Å²) in [4.78, 5) is 7.37. The Bertz CT molecular complexity index is 442. The number of hydrogen-bond acceptors (Lipinski definition) is 3. The second-order valence-electron chi connectivity index (χ2n) is 6.58. The molecule has 0 aromatic carbocycles. The van der Waals surface area contributed by atoms with Crippen LogP contribution < -0.4 is 10.2 Å². The molecule has 118 valence electrons. The molecule has 1 unspecified atom stereocenters. The summed E-state index contributed by atoms with van der Waals surface area (Å²) in [6.45, 7) is 12.2. The highest BCUT2D eigenvalue weighted by atomic mass is 15.2. The van der Waals surface area contributed by atoms with Gasteiger partial charge in [-0.15, -0.1) is 0 Å². The van der Waals surface area contributed by atoms with Gasteiger partial charge in [0.15, 0.2) is 0 Å². The van der Waals surface area contributed by atoms with Crippen LogP contribution in [-0.4, -0.2) is 24.1 Å². The van der Waals surface area contributed by atoms with Gasteiger partial charge in [-0.3, -0.25) is 0 Å². The van der Waals surface area contributed by atoms with Crippen LogP contribution in [0.1, 0.15) is 58.2 Å². The van der Waals surface area contributed by atoms with E-state index in [4.69, 9.17) is 4.98 Å². The van der Waals surface area contributed by atoms with Crippen LogP contribution in [0.15, 0.2) is 12.1 Å². The standard InChI is InChI=1S/C18H31N3/c1-5-15-8-7-9-21(13-15)18-11-16(12-19-14(3)4)10-17(6-2)20-18/h10-11,14-15,19H,5-9,12-13H2,1-4H3. The smallest absolute Gasteiger partial charge is 0.129 e. The van der Waals surface area contributed by atoms with Gasteiger partial charge in [-0.25, -0.2) is 4.98 Å². The lowest BCUT2D eigenvalue weighted by molar-refractivity contribution is 0.403. The van der Waals surface area contributed by atoms with Gasteiger partial charge in [0.25, 0.3) is 0 Å². The molecule has 0 amide bonds. The van der Waals surface area contributed by atoms with Crippen LogP contribution in [-0.2, 0) is 13.0 Å². The summed E-state index contributed by atoms with van der Waals surface area (Å²) in [5, 5.41) is 3.52. The molecule has 21 heavy (non-hydrogen) atoms. The molecule has 3 heteroatoms. The van der Waals surface area contributed by atoms with E-state index in [9.17, 15) is 0 Å². The van der Waals surface area contributed by atoms with E-state index in [1.807, 2.05) is 0 Å². The van der Waals surface area contributed by atoms with Gasteiger partial charge in [-0.1, -0.05) is 34.1 Å². The Morgan fingerprint density at radius 1 is 1.33 bits per heavy atom. The van der Waals surface area contributed by atoms with E-state index in [0.29, 0.717) is 6.04 Å². The number of hydrogen-bond donors (Lipinski definition) is 1. The zero-order valence-electron chi connectivity index (χ0n) is 14.2. The van der Waals surface area contributed by atoms with Crippen LogP contribution in [0.5, 0.6) is 0 Å². The van der Waals surface area contributed by atoms with Gasteiger partial charge in [0, 0.05) is 31.4 Å². The second kappa shape index (κ2) is 7.79. The Balaban J connectivity index is 2.15. The summed E-state index contributed by atoms with van der Waals surface area (Å²) in [6, 6.07) is 5.05. The molecular weight excluding hydrogens is 258 g/mol. The molecule has 1 aromatic heterocycles. The van der Waals surface area contributed by atoms with E-state index in [1.54, 1.807) is 0 Å². The highest BCUT2D eigenvalue weighted by Crippen LogP contribution is 2.24. The molecule has 0 aliphatic carbocycles. The fourth-order valence-electron chi connectivity index (χ4n) is 3.01. The molecule has 3 nitrogen and oxygen atoms in total. The van der Waals surface area contributed by atoms with Crippen LogP contribution >= 0.6 is 0 Å². The van der Waals surface area contributed by atoms with E-state index in [-0.39, 0.29) is 0 Å². The first-order chi connectivity index (χ1) is 10.1. The predicted molar refractivity (Wildman–Crippen MR) is 90.8 cm³/mol. The third kappa shape index (κ3) is 4.70. The quantitative estimate of drug-likeness (QED) is 0.864. The molecule has 1 aliphatic rings. The van der Waals surface area contributed by atoms with Crippen molar-refractivity contribution in [2.24, 2.45) is 5.92 Å². The molecule has 1 aromatic rings. The monoisotopic (exact) mass is 289 g/mol. The highest BCUT2D eigenvalue weighted by molar-refractivity contribution is 5.43. The largest absolute Gasteiger partial charge is 0.356 e. The third-order valence-corrected chi connectivity index (χ3v) is 4.42. The van der Waals surface area contributed by atoms with Crippen molar-refractivity contribution in [2.75, 3.05) is 18.0 Å². The molecule has 1 atom stereocenters. The Labute approximate surface area is 130 Å². The van der Waals surface area contributed by atoms with Gasteiger partial charge in [-0.2, -0.15) is 0 Å². The maximum atomic E-state index is 4.87. The Morgan fingerprint density at radius 3 is 2.81 bits per heavy atom. The molecule has 0 saturated carbocycles. The molecular formula is C18H31N3. The number of pyridine rings is 1. The first kappa shape index (κ1) is 16.3. The van der Waals surface area contributed by atoms with Gasteiger partial charge in [0.05, 0.1) is 0 Å². The summed E-state index contributed by atoms with van der Waals surface area (Å²) in [6.07, 6.45) is 4.97. The van der Waals surface area contributed by atoms with E-state index < -0.39 is 0 Å². The average molecular weight is 289 g/mol. The number of aryl methyl sites for hydroxylation is 1. The van der Waals surface area contributed by atoms with Crippen molar-refractivity contribution in [1.29, 1.82) is 0 Å². The number of anilines is 1. The van der Waals surface area contributed by atoms with Gasteiger partial charge >= 0.3 is 0 Å². The third-order valence-electron chi connectivity index (χ3n) is 4.42. The minimum absolute atomic E-state index is 0.520. The first-order valence-electron chi connectivity index (χ1n) is 8.60. The van der Waals surface area contributed by atoms with Crippen LogP contribution in [0.2, 0.25) is 0 Å². The van der Waals surface area contributed by atoms with Crippen molar-refractivity contribution in [3.63, 3.8) is 0 Å². The zero-order chi connectivity index (χ0) is 15.2. The fourth-order valence-corrected chi connectivity index (χ4v) is 3.01. The lowest BCUT2D eigenvalue weighted by Crippen LogP contribution is -2.36.